The summed E-state index contributed by atoms with van der Waals surface area (Å²) in [5.41, 5.74) is 1.60. The normalized spacial score (nSPS) is 11.0. The van der Waals surface area contributed by atoms with Crippen molar-refractivity contribution in [1.82, 2.24) is 0 Å². The number of hydrogen-bond acceptors (Lipinski definition) is 5. The summed E-state index contributed by atoms with van der Waals surface area (Å²) >= 11 is 0. The lowest BCUT2D eigenvalue weighted by atomic mass is 10.0. The van der Waals surface area contributed by atoms with Crippen molar-refractivity contribution < 1.29 is 14.6 Å². The maximum atomic E-state index is 12.9. The van der Waals surface area contributed by atoms with Gasteiger partial charge in [0.15, 0.2) is 5.75 Å². The van der Waals surface area contributed by atoms with Crippen LogP contribution in [0.4, 0.5) is 17.1 Å². The number of fused-ring (bicyclic) bond motifs is 1. The van der Waals surface area contributed by atoms with Crippen molar-refractivity contribution in [1.29, 1.82) is 0 Å². The van der Waals surface area contributed by atoms with Gasteiger partial charge in [0.2, 0.25) is 0 Å². The highest BCUT2D eigenvalue weighted by Gasteiger charge is 2.18. The van der Waals surface area contributed by atoms with Gasteiger partial charge in [-0.3, -0.25) is 4.79 Å². The molecule has 0 aromatic heterocycles. The number of nitrogens with zero attached hydrogens (tertiary/aromatic N) is 2. The minimum atomic E-state index is -0.445. The van der Waals surface area contributed by atoms with E-state index in [0.29, 0.717) is 22.5 Å². The smallest absolute Gasteiger partial charge is 0.259 e. The van der Waals surface area contributed by atoms with Crippen LogP contribution in [0.5, 0.6) is 11.5 Å². The number of rotatable bonds is 5. The first kappa shape index (κ1) is 19.1. The van der Waals surface area contributed by atoms with Crippen molar-refractivity contribution >= 4 is 33.7 Å². The molecule has 148 valence electrons. The number of methoxy groups -OCH3 is 1. The topological polar surface area (TPSA) is 83.3 Å². The third-order valence-electron chi connectivity index (χ3n) is 4.61. The molecule has 0 aliphatic heterocycles. The Morgan fingerprint density at radius 3 is 2.33 bits per heavy atom. The summed E-state index contributed by atoms with van der Waals surface area (Å²) < 4.78 is 5.13. The average Bonchev–Trinajstić information content (AvgIpc) is 2.79. The average molecular weight is 397 g/mol. The summed E-state index contributed by atoms with van der Waals surface area (Å²) in [6, 6.07) is 25.2. The van der Waals surface area contributed by atoms with E-state index in [0.717, 1.165) is 5.39 Å². The van der Waals surface area contributed by atoms with Gasteiger partial charge in [0.25, 0.3) is 5.91 Å². The molecule has 0 saturated heterocycles. The Kier molecular flexibility index (Phi) is 5.39. The van der Waals surface area contributed by atoms with Crippen LogP contribution in [0.2, 0.25) is 0 Å². The molecule has 30 heavy (non-hydrogen) atoms. The first-order valence-corrected chi connectivity index (χ1v) is 9.32. The summed E-state index contributed by atoms with van der Waals surface area (Å²) in [5.74, 6) is 0.0177. The number of azo groups is 1. The van der Waals surface area contributed by atoms with Gasteiger partial charge in [0, 0.05) is 11.1 Å². The van der Waals surface area contributed by atoms with Crippen molar-refractivity contribution in [2.45, 2.75) is 0 Å². The highest BCUT2D eigenvalue weighted by Crippen LogP contribution is 2.39. The fourth-order valence-corrected chi connectivity index (χ4v) is 3.07. The molecule has 0 fully saturated rings. The first-order chi connectivity index (χ1) is 14.7. The van der Waals surface area contributed by atoms with Crippen molar-refractivity contribution in [3.05, 3.63) is 90.5 Å². The monoisotopic (exact) mass is 397 g/mol. The number of nitrogens with one attached hydrogen (secondary N) is 1. The molecule has 0 aliphatic carbocycles. The van der Waals surface area contributed by atoms with Gasteiger partial charge in [0.05, 0.1) is 18.4 Å². The zero-order valence-corrected chi connectivity index (χ0v) is 16.2. The van der Waals surface area contributed by atoms with Gasteiger partial charge in [0.1, 0.15) is 11.4 Å². The van der Waals surface area contributed by atoms with E-state index in [1.54, 1.807) is 37.4 Å². The fourth-order valence-electron chi connectivity index (χ4n) is 3.07. The second-order valence-corrected chi connectivity index (χ2v) is 6.56. The lowest BCUT2D eigenvalue weighted by Crippen LogP contribution is -2.12. The minimum absolute atomic E-state index is 0.117. The van der Waals surface area contributed by atoms with E-state index in [4.69, 9.17) is 4.74 Å². The van der Waals surface area contributed by atoms with Gasteiger partial charge in [-0.05, 0) is 47.9 Å². The second-order valence-electron chi connectivity index (χ2n) is 6.56. The standard InChI is InChI=1S/C24H19N3O3/c1-30-19-13-11-17(12-14-19)25-24(29)21-15-16-7-5-6-10-20(16)22(23(21)28)27-26-18-8-3-2-4-9-18/h2-15,28H,1H3,(H,25,29)/b27-26+. The van der Waals surface area contributed by atoms with Crippen molar-refractivity contribution in [2.24, 2.45) is 10.2 Å². The molecule has 4 aromatic rings. The van der Waals surface area contributed by atoms with Crippen molar-refractivity contribution in [3.63, 3.8) is 0 Å². The molecule has 4 aromatic carbocycles. The number of benzene rings is 4. The zero-order chi connectivity index (χ0) is 20.9. The Labute approximate surface area is 173 Å². The fraction of sp³-hybridized carbons (Fsp3) is 0.0417. The Hall–Kier alpha value is -4.19. The molecule has 0 heterocycles. The van der Waals surface area contributed by atoms with Crippen LogP contribution in [-0.2, 0) is 0 Å². The maximum Gasteiger partial charge on any atom is 0.259 e. The molecule has 0 bridgehead atoms. The summed E-state index contributed by atoms with van der Waals surface area (Å²) in [5, 5.41) is 23.6. The molecule has 0 atom stereocenters. The SMILES string of the molecule is COc1ccc(NC(=O)c2cc3ccccc3c(/N=N/c3ccccc3)c2O)cc1. The number of ether oxygens (including phenoxy) is 1. The van der Waals surface area contributed by atoms with E-state index in [9.17, 15) is 9.90 Å². The highest BCUT2D eigenvalue weighted by molar-refractivity contribution is 6.11. The van der Waals surface area contributed by atoms with E-state index >= 15 is 0 Å². The number of amides is 1. The van der Waals surface area contributed by atoms with E-state index in [1.165, 1.54) is 0 Å². The van der Waals surface area contributed by atoms with Crippen LogP contribution in [0.15, 0.2) is 95.2 Å². The molecule has 0 saturated carbocycles. The molecule has 1 amide bonds. The van der Waals surface area contributed by atoms with Gasteiger partial charge in [-0.25, -0.2) is 0 Å². The van der Waals surface area contributed by atoms with E-state index in [2.05, 4.69) is 15.5 Å². The molecule has 0 unspecified atom stereocenters. The van der Waals surface area contributed by atoms with Crippen LogP contribution in [0.3, 0.4) is 0 Å². The highest BCUT2D eigenvalue weighted by atomic mass is 16.5. The van der Waals surface area contributed by atoms with Crippen molar-refractivity contribution in [3.8, 4) is 11.5 Å². The van der Waals surface area contributed by atoms with Gasteiger partial charge >= 0.3 is 0 Å². The summed E-state index contributed by atoms with van der Waals surface area (Å²) in [7, 11) is 1.58. The Morgan fingerprint density at radius 2 is 1.60 bits per heavy atom. The maximum absolute atomic E-state index is 12.9. The Balaban J connectivity index is 1.73. The number of aromatic hydroxyl groups is 1. The van der Waals surface area contributed by atoms with Crippen LogP contribution in [0.1, 0.15) is 10.4 Å². The van der Waals surface area contributed by atoms with E-state index < -0.39 is 5.91 Å². The van der Waals surface area contributed by atoms with E-state index in [-0.39, 0.29) is 17.0 Å². The Morgan fingerprint density at radius 1 is 0.900 bits per heavy atom. The summed E-state index contributed by atoms with van der Waals surface area (Å²) in [4.78, 5) is 12.9. The van der Waals surface area contributed by atoms with Crippen LogP contribution in [0, 0.1) is 0 Å². The molecule has 0 spiro atoms. The van der Waals surface area contributed by atoms with Gasteiger partial charge < -0.3 is 15.2 Å². The van der Waals surface area contributed by atoms with Crippen LogP contribution >= 0.6 is 0 Å². The summed E-state index contributed by atoms with van der Waals surface area (Å²) in [6.45, 7) is 0. The number of hydrogen-bond donors (Lipinski definition) is 2. The van der Waals surface area contributed by atoms with Crippen molar-refractivity contribution in [2.75, 3.05) is 12.4 Å². The van der Waals surface area contributed by atoms with Gasteiger partial charge in [-0.2, -0.15) is 5.11 Å². The molecule has 2 N–H and O–H groups in total. The van der Waals surface area contributed by atoms with Gasteiger partial charge in [-0.1, -0.05) is 42.5 Å². The lowest BCUT2D eigenvalue weighted by Gasteiger charge is -2.11. The lowest BCUT2D eigenvalue weighted by molar-refractivity contribution is 0.102. The summed E-state index contributed by atoms with van der Waals surface area (Å²) in [6.07, 6.45) is 0. The number of phenolic OH excluding ortho intramolecular Hbond substituents is 1. The number of phenols is 1. The Bertz CT molecular complexity index is 1220. The third-order valence-corrected chi connectivity index (χ3v) is 4.61. The van der Waals surface area contributed by atoms with Gasteiger partial charge in [-0.15, -0.1) is 5.11 Å². The number of anilines is 1. The third kappa shape index (κ3) is 3.98. The quantitative estimate of drug-likeness (QED) is 0.392. The molecule has 0 radical (unpaired) electrons. The molecular weight excluding hydrogens is 378 g/mol. The second kappa shape index (κ2) is 8.45. The molecule has 4 rings (SSSR count). The molecule has 0 aliphatic rings. The molecule has 6 nitrogen and oxygen atoms in total. The van der Waals surface area contributed by atoms with Crippen LogP contribution < -0.4 is 10.1 Å². The zero-order valence-electron chi connectivity index (χ0n) is 16.2. The van der Waals surface area contributed by atoms with Crippen LogP contribution in [0.25, 0.3) is 10.8 Å². The number of carbonyl (C=O) groups excluding carboxylic acids is 1. The molecular formula is C24H19N3O3. The minimum Gasteiger partial charge on any atom is -0.505 e. The molecule has 6 heteroatoms. The largest absolute Gasteiger partial charge is 0.505 e. The van der Waals surface area contributed by atoms with Crippen LogP contribution in [-0.4, -0.2) is 18.1 Å². The number of carbonyl (C=O) groups is 1. The first-order valence-electron chi connectivity index (χ1n) is 9.32. The van der Waals surface area contributed by atoms with E-state index in [1.807, 2.05) is 54.6 Å². The predicted molar refractivity (Wildman–Crippen MR) is 117 cm³/mol. The predicted octanol–water partition coefficient (Wildman–Crippen LogP) is 6.22.